The Morgan fingerprint density at radius 1 is 1.30 bits per heavy atom. The van der Waals surface area contributed by atoms with Gasteiger partial charge in [0.05, 0.1) is 17.1 Å². The summed E-state index contributed by atoms with van der Waals surface area (Å²) in [4.78, 5) is 38.1. The molecule has 0 aromatic carbocycles. The number of nitriles is 1. The van der Waals surface area contributed by atoms with Crippen LogP contribution in [-0.4, -0.2) is 21.5 Å². The van der Waals surface area contributed by atoms with Crippen LogP contribution in [0.25, 0.3) is 0 Å². The first kappa shape index (κ1) is 20.5. The molecule has 0 saturated heterocycles. The SMILES string of the molecule is Cc1nn(CC(=O)c2ccc(CNC(=O)C(C)(C)C)s2)c(=O)c(C#N)c1C. The van der Waals surface area contributed by atoms with Gasteiger partial charge in [-0.25, -0.2) is 4.68 Å². The maximum atomic E-state index is 12.5. The molecule has 0 aliphatic rings. The van der Waals surface area contributed by atoms with Gasteiger partial charge in [-0.05, 0) is 31.5 Å². The van der Waals surface area contributed by atoms with Crippen molar-refractivity contribution >= 4 is 23.0 Å². The second kappa shape index (κ2) is 7.84. The minimum atomic E-state index is -0.567. The van der Waals surface area contributed by atoms with E-state index >= 15 is 0 Å². The van der Waals surface area contributed by atoms with Gasteiger partial charge >= 0.3 is 0 Å². The molecule has 0 saturated carbocycles. The van der Waals surface area contributed by atoms with E-state index in [1.54, 1.807) is 26.0 Å². The van der Waals surface area contributed by atoms with Crippen molar-refractivity contribution < 1.29 is 9.59 Å². The predicted octanol–water partition coefficient (Wildman–Crippen LogP) is 2.34. The van der Waals surface area contributed by atoms with Crippen molar-refractivity contribution in [1.82, 2.24) is 15.1 Å². The number of nitrogens with zero attached hydrogens (tertiary/aromatic N) is 3. The van der Waals surface area contributed by atoms with Crippen LogP contribution in [-0.2, 0) is 17.9 Å². The third-order valence-corrected chi connectivity index (χ3v) is 5.21. The lowest BCUT2D eigenvalue weighted by atomic mass is 9.96. The van der Waals surface area contributed by atoms with Crippen LogP contribution in [0.2, 0.25) is 0 Å². The first-order valence-corrected chi connectivity index (χ1v) is 9.25. The van der Waals surface area contributed by atoms with Gasteiger partial charge in [-0.3, -0.25) is 14.4 Å². The summed E-state index contributed by atoms with van der Waals surface area (Å²) in [7, 11) is 0. The van der Waals surface area contributed by atoms with Crippen molar-refractivity contribution in [2.75, 3.05) is 0 Å². The highest BCUT2D eigenvalue weighted by atomic mass is 32.1. The van der Waals surface area contributed by atoms with E-state index in [1.807, 2.05) is 26.8 Å². The van der Waals surface area contributed by atoms with Crippen LogP contribution in [0.1, 0.15) is 52.1 Å². The minimum Gasteiger partial charge on any atom is -0.351 e. The van der Waals surface area contributed by atoms with Gasteiger partial charge in [0, 0.05) is 10.3 Å². The maximum absolute atomic E-state index is 12.5. The van der Waals surface area contributed by atoms with Crippen LogP contribution in [0.3, 0.4) is 0 Å². The first-order chi connectivity index (χ1) is 12.5. The molecule has 1 N–H and O–H groups in total. The number of Topliss-reactive ketones (excluding diaryl/α,β-unsaturated/α-hetero) is 1. The van der Waals surface area contributed by atoms with Crippen molar-refractivity contribution in [2.24, 2.45) is 5.41 Å². The number of ketones is 1. The smallest absolute Gasteiger partial charge is 0.285 e. The van der Waals surface area contributed by atoms with Crippen LogP contribution in [0.4, 0.5) is 0 Å². The number of hydrogen-bond acceptors (Lipinski definition) is 6. The summed E-state index contributed by atoms with van der Waals surface area (Å²) in [5.41, 5.74) is 0.0231. The summed E-state index contributed by atoms with van der Waals surface area (Å²) in [6, 6.07) is 5.32. The zero-order chi connectivity index (χ0) is 20.4. The Bertz CT molecular complexity index is 990. The minimum absolute atomic E-state index is 0.00654. The van der Waals surface area contributed by atoms with E-state index in [-0.39, 0.29) is 23.8 Å². The molecule has 1 amide bonds. The maximum Gasteiger partial charge on any atom is 0.285 e. The second-order valence-electron chi connectivity index (χ2n) is 7.28. The molecule has 7 nitrogen and oxygen atoms in total. The second-order valence-corrected chi connectivity index (χ2v) is 8.45. The van der Waals surface area contributed by atoms with E-state index in [0.717, 1.165) is 9.56 Å². The van der Waals surface area contributed by atoms with E-state index in [4.69, 9.17) is 5.26 Å². The van der Waals surface area contributed by atoms with Gasteiger partial charge in [-0.2, -0.15) is 10.4 Å². The monoisotopic (exact) mass is 386 g/mol. The molecule has 0 radical (unpaired) electrons. The van der Waals surface area contributed by atoms with Crippen molar-refractivity contribution in [3.05, 3.63) is 49.1 Å². The van der Waals surface area contributed by atoms with Gasteiger partial charge < -0.3 is 5.32 Å². The van der Waals surface area contributed by atoms with Crippen molar-refractivity contribution in [1.29, 1.82) is 5.26 Å². The Morgan fingerprint density at radius 2 is 1.96 bits per heavy atom. The normalized spacial score (nSPS) is 11.1. The molecule has 2 rings (SSSR count). The van der Waals surface area contributed by atoms with Gasteiger partial charge in [-0.15, -0.1) is 11.3 Å². The van der Waals surface area contributed by atoms with E-state index in [2.05, 4.69) is 10.4 Å². The quantitative estimate of drug-likeness (QED) is 0.794. The summed E-state index contributed by atoms with van der Waals surface area (Å²) in [5.74, 6) is -0.339. The largest absolute Gasteiger partial charge is 0.351 e. The van der Waals surface area contributed by atoms with Gasteiger partial charge in [0.15, 0.2) is 5.78 Å². The molecule has 0 bridgehead atoms. The lowest BCUT2D eigenvalue weighted by Gasteiger charge is -2.17. The van der Waals surface area contributed by atoms with Crippen molar-refractivity contribution in [3.8, 4) is 6.07 Å². The van der Waals surface area contributed by atoms with Crippen LogP contribution >= 0.6 is 11.3 Å². The average molecular weight is 386 g/mol. The van der Waals surface area contributed by atoms with Crippen molar-refractivity contribution in [2.45, 2.75) is 47.7 Å². The fraction of sp³-hybridized carbons (Fsp3) is 0.421. The molecule has 142 valence electrons. The lowest BCUT2D eigenvalue weighted by Crippen LogP contribution is -2.34. The number of aryl methyl sites for hydroxylation is 1. The Morgan fingerprint density at radius 3 is 2.56 bits per heavy atom. The molecule has 0 fully saturated rings. The van der Waals surface area contributed by atoms with Crippen molar-refractivity contribution in [3.63, 3.8) is 0 Å². The highest BCUT2D eigenvalue weighted by molar-refractivity contribution is 7.14. The van der Waals surface area contributed by atoms with E-state index in [1.165, 1.54) is 11.3 Å². The molecular weight excluding hydrogens is 364 g/mol. The number of thiophene rings is 1. The number of carbonyl (C=O) groups is 2. The zero-order valence-corrected chi connectivity index (χ0v) is 16.9. The summed E-state index contributed by atoms with van der Waals surface area (Å²) in [6.07, 6.45) is 0. The number of aromatic nitrogens is 2. The number of carbonyl (C=O) groups excluding carboxylic acids is 2. The molecule has 0 spiro atoms. The number of rotatable bonds is 5. The molecule has 0 unspecified atom stereocenters. The molecule has 0 atom stereocenters. The lowest BCUT2D eigenvalue weighted by molar-refractivity contribution is -0.128. The standard InChI is InChI=1S/C19H22N4O3S/c1-11-12(2)22-23(17(25)14(11)8-20)10-15(24)16-7-6-13(27-16)9-21-18(26)19(3,4)5/h6-7H,9-10H2,1-5H3,(H,21,26). The molecule has 27 heavy (non-hydrogen) atoms. The highest BCUT2D eigenvalue weighted by Crippen LogP contribution is 2.19. The fourth-order valence-corrected chi connectivity index (χ4v) is 3.16. The zero-order valence-electron chi connectivity index (χ0n) is 16.0. The van der Waals surface area contributed by atoms with Gasteiger partial charge in [0.1, 0.15) is 18.2 Å². The number of nitrogens with one attached hydrogen (secondary N) is 1. The summed E-state index contributed by atoms with van der Waals surface area (Å²) >= 11 is 1.26. The Labute approximate surface area is 161 Å². The molecule has 0 aliphatic heterocycles. The van der Waals surface area contributed by atoms with Gasteiger partial charge in [-0.1, -0.05) is 20.8 Å². The van der Waals surface area contributed by atoms with Gasteiger partial charge in [0.2, 0.25) is 5.91 Å². The Balaban J connectivity index is 2.14. The van der Waals surface area contributed by atoms with Gasteiger partial charge in [0.25, 0.3) is 5.56 Å². The summed E-state index contributed by atoms with van der Waals surface area (Å²) < 4.78 is 1.03. The molecule has 2 aromatic heterocycles. The first-order valence-electron chi connectivity index (χ1n) is 8.43. The molecule has 0 aliphatic carbocycles. The molecular formula is C19H22N4O3S. The number of amides is 1. The van der Waals surface area contributed by atoms with E-state index in [0.29, 0.717) is 22.7 Å². The van der Waals surface area contributed by atoms with Crippen LogP contribution in [0.15, 0.2) is 16.9 Å². The summed E-state index contributed by atoms with van der Waals surface area (Å²) in [5, 5.41) is 16.1. The Kier molecular flexibility index (Phi) is 5.96. The molecule has 8 heteroatoms. The summed E-state index contributed by atoms with van der Waals surface area (Å²) in [6.45, 7) is 8.95. The Hall–Kier alpha value is -2.79. The van der Waals surface area contributed by atoms with Crippen LogP contribution in [0, 0.1) is 30.6 Å². The third-order valence-electron chi connectivity index (χ3n) is 4.08. The molecule has 2 aromatic rings. The van der Waals surface area contributed by atoms with Crippen LogP contribution < -0.4 is 10.9 Å². The van der Waals surface area contributed by atoms with E-state index in [9.17, 15) is 14.4 Å². The highest BCUT2D eigenvalue weighted by Gasteiger charge is 2.21. The fourth-order valence-electron chi connectivity index (χ4n) is 2.28. The third kappa shape index (κ3) is 4.68. The van der Waals surface area contributed by atoms with Crippen LogP contribution in [0.5, 0.6) is 0 Å². The predicted molar refractivity (Wildman–Crippen MR) is 103 cm³/mol. The average Bonchev–Trinajstić information content (AvgIpc) is 3.06. The topological polar surface area (TPSA) is 105 Å². The number of hydrogen-bond donors (Lipinski definition) is 1. The van der Waals surface area contributed by atoms with E-state index < -0.39 is 11.0 Å². The molecule has 2 heterocycles.